The minimum atomic E-state index is 0. The fraction of sp³-hybridized carbons (Fsp3) is 0. The van der Waals surface area contributed by atoms with Gasteiger partial charge >= 0.3 is 37.7 Å². The molecule has 0 aromatic heterocycles. The molecular weight excluding hydrogens is 138 g/mol. The van der Waals surface area contributed by atoms with Crippen LogP contribution in [0.5, 0.6) is 0 Å². The van der Waals surface area contributed by atoms with Gasteiger partial charge in [0.1, 0.15) is 0 Å². The fourth-order valence-corrected chi connectivity index (χ4v) is 0. The number of hydrogen-bond acceptors (Lipinski definition) is 0. The van der Waals surface area contributed by atoms with Crippen LogP contribution in [0.25, 0.3) is 0 Å². The van der Waals surface area contributed by atoms with Gasteiger partial charge in [0.2, 0.25) is 0 Å². The molecule has 0 fully saturated rings. The molecule has 4 heavy (non-hydrogen) atoms. The topological polar surface area (TPSA) is 0 Å². The predicted octanol–water partition coefficient (Wildman–Crippen LogP) is -1.95. The molecule has 0 aliphatic carbocycles. The maximum atomic E-state index is 0. The van der Waals surface area contributed by atoms with Gasteiger partial charge in [-0.15, -0.1) is 0 Å². The Hall–Kier alpha value is 2.25. The van der Waals surface area contributed by atoms with Crippen molar-refractivity contribution in [1.82, 2.24) is 0 Å². The van der Waals surface area contributed by atoms with E-state index < -0.39 is 0 Å². The summed E-state index contributed by atoms with van der Waals surface area (Å²) >= 11 is 0. The average Bonchev–Trinajstić information content (AvgIpc) is 0. The van der Waals surface area contributed by atoms with Gasteiger partial charge in [-0.2, -0.15) is 0 Å². The maximum absolute atomic E-state index is 0. The van der Waals surface area contributed by atoms with E-state index in [1.165, 1.54) is 0 Å². The molecule has 0 saturated carbocycles. The summed E-state index contributed by atoms with van der Waals surface area (Å²) in [4.78, 5) is 0. The first-order chi connectivity index (χ1) is 0. The smallest absolute Gasteiger partial charge is 0 e. The molecule has 0 atom stereocenters. The van der Waals surface area contributed by atoms with Crippen molar-refractivity contribution in [3.63, 3.8) is 0 Å². The molecule has 0 spiro atoms. The Bertz CT molecular complexity index is 8.00. The molecule has 24 valence electrons. The van der Waals surface area contributed by atoms with Crippen molar-refractivity contribution in [3.05, 3.63) is 0 Å². The Labute approximate surface area is 76.0 Å². The zero-order valence-electron chi connectivity index (χ0n) is 0.816. The van der Waals surface area contributed by atoms with Crippen molar-refractivity contribution < 1.29 is 22.1 Å². The van der Waals surface area contributed by atoms with E-state index in [9.17, 15) is 0 Å². The molecule has 0 saturated heterocycles. The van der Waals surface area contributed by atoms with Crippen LogP contribution in [0.1, 0.15) is 0 Å². The Morgan fingerprint density at radius 1 is 1.00 bits per heavy atom. The molecule has 0 radical (unpaired) electrons. The molecule has 0 N–H and O–H groups in total. The summed E-state index contributed by atoms with van der Waals surface area (Å²) in [6.45, 7) is 0. The normalized spacial score (nSPS) is 0. The molecule has 0 heterocycles. The largest absolute Gasteiger partial charge is 0 e. The van der Waals surface area contributed by atoms with Crippen LogP contribution in [-0.4, -0.2) is 55.1 Å². The van der Waals surface area contributed by atoms with Crippen LogP contribution < -0.4 is 0 Å². The third kappa shape index (κ3) is 8.87. The van der Waals surface area contributed by atoms with E-state index in [1.54, 1.807) is 0 Å². The summed E-state index contributed by atoms with van der Waals surface area (Å²) in [5.74, 6) is 0. The van der Waals surface area contributed by atoms with Gasteiger partial charge in [0.05, 0.1) is 0 Å². The summed E-state index contributed by atoms with van der Waals surface area (Å²) in [7, 11) is 0. The van der Waals surface area contributed by atoms with E-state index in [0.29, 0.717) is 0 Å². The Kier molecular flexibility index (Phi) is 159. The summed E-state index contributed by atoms with van der Waals surface area (Å²) in [5, 5.41) is 0. The predicted molar refractivity (Wildman–Crippen MR) is 21.0 cm³/mol. The summed E-state index contributed by atoms with van der Waals surface area (Å²) in [6, 6.07) is 0. The zero-order valence-corrected chi connectivity index (χ0v) is 2.09. The second kappa shape index (κ2) is 18.7. The maximum Gasteiger partial charge on any atom is 0 e. The molecule has 0 aliphatic rings. The average molecular weight is 144 g/mol. The molecule has 0 aromatic carbocycles. The fourth-order valence-electron chi connectivity index (χ4n) is 0. The van der Waals surface area contributed by atoms with Crippen molar-refractivity contribution in [2.45, 2.75) is 0 Å². The summed E-state index contributed by atoms with van der Waals surface area (Å²) in [5.41, 5.74) is 0. The van der Waals surface area contributed by atoms with Crippen molar-refractivity contribution in [2.24, 2.45) is 0 Å². The molecule has 0 aromatic rings. The third-order valence-corrected chi connectivity index (χ3v) is 0. The summed E-state index contributed by atoms with van der Waals surface area (Å²) < 4.78 is 0. The first-order valence-corrected chi connectivity index (χ1v) is 0. The van der Waals surface area contributed by atoms with Gasteiger partial charge in [0, 0.05) is 17.4 Å². The molecule has 0 amide bonds. The first-order valence-electron chi connectivity index (χ1n) is 0. The SMILES string of the molecule is F.[AlH3].[CaH2].[Cr]. The number of hydrogen-bond donors (Lipinski definition) is 0. The van der Waals surface area contributed by atoms with Gasteiger partial charge in [-0.25, -0.2) is 0 Å². The van der Waals surface area contributed by atoms with Gasteiger partial charge in [-0.1, -0.05) is 0 Å². The van der Waals surface area contributed by atoms with Gasteiger partial charge in [-0.05, 0) is 0 Å². The molecule has 4 heteroatoms. The second-order valence-electron chi connectivity index (χ2n) is 0. The Morgan fingerprint density at radius 3 is 1.00 bits per heavy atom. The van der Waals surface area contributed by atoms with Crippen LogP contribution in [0.4, 0.5) is 4.70 Å². The van der Waals surface area contributed by atoms with Gasteiger partial charge in [0.25, 0.3) is 0 Å². The van der Waals surface area contributed by atoms with Crippen molar-refractivity contribution in [1.29, 1.82) is 0 Å². The summed E-state index contributed by atoms with van der Waals surface area (Å²) in [6.07, 6.45) is 0. The van der Waals surface area contributed by atoms with Gasteiger partial charge in [0.15, 0.2) is 17.4 Å². The molecule has 0 rings (SSSR count). The van der Waals surface area contributed by atoms with E-state index in [2.05, 4.69) is 0 Å². The van der Waals surface area contributed by atoms with E-state index in [0.717, 1.165) is 0 Å². The van der Waals surface area contributed by atoms with Crippen molar-refractivity contribution >= 4 is 55.1 Å². The van der Waals surface area contributed by atoms with Crippen molar-refractivity contribution in [2.75, 3.05) is 0 Å². The van der Waals surface area contributed by atoms with Gasteiger partial charge < -0.3 is 0 Å². The van der Waals surface area contributed by atoms with E-state index in [4.69, 9.17) is 0 Å². The van der Waals surface area contributed by atoms with Crippen LogP contribution >= 0.6 is 0 Å². The van der Waals surface area contributed by atoms with E-state index >= 15 is 0 Å². The van der Waals surface area contributed by atoms with E-state index in [-0.39, 0.29) is 77.2 Å². The van der Waals surface area contributed by atoms with Crippen LogP contribution in [0.3, 0.4) is 0 Å². The van der Waals surface area contributed by atoms with Crippen LogP contribution in [0.2, 0.25) is 0 Å². The van der Waals surface area contributed by atoms with Crippen LogP contribution in [-0.2, 0) is 17.4 Å². The zero-order chi connectivity index (χ0) is 0. The molecule has 0 bridgehead atoms. The Morgan fingerprint density at radius 2 is 1.00 bits per heavy atom. The minimum absolute atomic E-state index is 0. The monoisotopic (exact) mass is 144 g/mol. The molecular formula is H6AlCaCrF. The Balaban J connectivity index is 0. The standard InChI is InChI=1S/Al.Ca.Cr.FH.5H/h;;;1H;;;;;. The van der Waals surface area contributed by atoms with Crippen LogP contribution in [0.15, 0.2) is 0 Å². The van der Waals surface area contributed by atoms with Gasteiger partial charge in [-0.3, -0.25) is 4.70 Å². The first kappa shape index (κ1) is 34.0. The van der Waals surface area contributed by atoms with Crippen molar-refractivity contribution in [3.8, 4) is 0 Å². The minimum Gasteiger partial charge on any atom is 0 e. The molecule has 0 nitrogen and oxygen atoms in total. The third-order valence-electron chi connectivity index (χ3n) is 0. The molecule has 0 unspecified atom stereocenters. The second-order valence-corrected chi connectivity index (χ2v) is 0. The van der Waals surface area contributed by atoms with Crippen LogP contribution in [0, 0.1) is 0 Å². The molecule has 0 aliphatic heterocycles. The van der Waals surface area contributed by atoms with E-state index in [1.807, 2.05) is 0 Å². The number of halogens is 1. The quantitative estimate of drug-likeness (QED) is 0.347. The number of rotatable bonds is 0.